The number of fused-ring (bicyclic) bond motifs is 1. The molecule has 1 aliphatic rings. The number of aliphatic hydroxyl groups is 3. The Kier molecular flexibility index (Phi) is 3.53. The Labute approximate surface area is 121 Å². The molecule has 0 saturated carbocycles. The number of ether oxygens (including phenoxy) is 1. The minimum atomic E-state index is -1.51. The van der Waals surface area contributed by atoms with Gasteiger partial charge in [-0.3, -0.25) is 9.36 Å². The molecule has 4 unspecified atom stereocenters. The topological polar surface area (TPSA) is 138 Å². The molecule has 2 aromatic rings. The number of rotatable bonds is 2. The number of nitrogens with zero attached hydrogens (tertiary/aromatic N) is 2. The van der Waals surface area contributed by atoms with Gasteiger partial charge in [0.25, 0.3) is 0 Å². The number of hydrogen-bond acceptors (Lipinski definition) is 7. The van der Waals surface area contributed by atoms with Gasteiger partial charge in [0.1, 0.15) is 24.0 Å². The maximum atomic E-state index is 13.3. The largest absolute Gasteiger partial charge is 0.394 e. The third-order valence-electron chi connectivity index (χ3n) is 3.54. The van der Waals surface area contributed by atoms with Crippen molar-refractivity contribution in [3.63, 3.8) is 0 Å². The minimum absolute atomic E-state index is 0.112. The molecule has 9 nitrogen and oxygen atoms in total. The lowest BCUT2D eigenvalue weighted by Gasteiger charge is -2.17. The Morgan fingerprint density at radius 3 is 2.73 bits per heavy atom. The number of aromatic amines is 1. The molecule has 1 aliphatic heterocycles. The summed E-state index contributed by atoms with van der Waals surface area (Å²) in [7, 11) is 0. The lowest BCUT2D eigenvalue weighted by atomic mass is 10.1. The normalized spacial score (nSPS) is 28.4. The van der Waals surface area contributed by atoms with E-state index in [2.05, 4.69) is 9.97 Å². The zero-order valence-corrected chi connectivity index (χ0v) is 11.0. The van der Waals surface area contributed by atoms with Crippen LogP contribution in [0.3, 0.4) is 0 Å². The van der Waals surface area contributed by atoms with Crippen molar-refractivity contribution in [2.75, 3.05) is 6.61 Å². The standard InChI is InChI=1S/C12H12FN3O6/c13-5-1-14-10-4(7(5)18)2-16(12(21)15-10)11-9(20)8(19)6(3-17)22-11/h1-2,6,8-9,11,17,19-20H,3H2,(H,14,15,21). The highest BCUT2D eigenvalue weighted by Gasteiger charge is 2.43. The molecule has 0 bridgehead atoms. The summed E-state index contributed by atoms with van der Waals surface area (Å²) in [6.07, 6.45) is -3.58. The third-order valence-corrected chi connectivity index (χ3v) is 3.54. The van der Waals surface area contributed by atoms with Crippen LogP contribution >= 0.6 is 0 Å². The first-order valence-corrected chi connectivity index (χ1v) is 6.36. The summed E-state index contributed by atoms with van der Waals surface area (Å²) in [5.74, 6) is -1.05. The van der Waals surface area contributed by atoms with E-state index in [1.807, 2.05) is 0 Å². The van der Waals surface area contributed by atoms with Crippen molar-refractivity contribution in [2.24, 2.45) is 0 Å². The fourth-order valence-corrected chi connectivity index (χ4v) is 2.36. The van der Waals surface area contributed by atoms with Crippen LogP contribution in [0.4, 0.5) is 4.39 Å². The van der Waals surface area contributed by atoms with E-state index in [1.165, 1.54) is 0 Å². The average Bonchev–Trinajstić information content (AvgIpc) is 2.79. The molecule has 22 heavy (non-hydrogen) atoms. The van der Waals surface area contributed by atoms with E-state index in [9.17, 15) is 24.2 Å². The van der Waals surface area contributed by atoms with Crippen molar-refractivity contribution in [1.29, 1.82) is 0 Å². The van der Waals surface area contributed by atoms with Crippen molar-refractivity contribution < 1.29 is 24.4 Å². The van der Waals surface area contributed by atoms with Gasteiger partial charge in [-0.25, -0.2) is 9.18 Å². The number of aromatic nitrogens is 3. The van der Waals surface area contributed by atoms with Gasteiger partial charge in [-0.15, -0.1) is 0 Å². The van der Waals surface area contributed by atoms with E-state index < -0.39 is 48.1 Å². The van der Waals surface area contributed by atoms with Crippen molar-refractivity contribution >= 4 is 11.0 Å². The molecule has 1 saturated heterocycles. The highest BCUT2D eigenvalue weighted by Crippen LogP contribution is 2.28. The maximum absolute atomic E-state index is 13.3. The molecule has 0 aromatic carbocycles. The van der Waals surface area contributed by atoms with Gasteiger partial charge in [0.15, 0.2) is 12.0 Å². The van der Waals surface area contributed by atoms with Crippen LogP contribution in [0.15, 0.2) is 22.0 Å². The van der Waals surface area contributed by atoms with Gasteiger partial charge in [-0.05, 0) is 0 Å². The third kappa shape index (κ3) is 2.13. The molecular weight excluding hydrogens is 301 g/mol. The summed E-state index contributed by atoms with van der Waals surface area (Å²) >= 11 is 0. The molecule has 0 radical (unpaired) electrons. The van der Waals surface area contributed by atoms with Crippen molar-refractivity contribution in [3.8, 4) is 0 Å². The van der Waals surface area contributed by atoms with E-state index >= 15 is 0 Å². The number of hydrogen-bond donors (Lipinski definition) is 4. The van der Waals surface area contributed by atoms with Crippen LogP contribution in [0.1, 0.15) is 6.23 Å². The maximum Gasteiger partial charge on any atom is 0.351 e. The Bertz CT molecular complexity index is 834. The Morgan fingerprint density at radius 1 is 1.36 bits per heavy atom. The molecule has 4 atom stereocenters. The van der Waals surface area contributed by atoms with E-state index in [4.69, 9.17) is 9.84 Å². The highest BCUT2D eigenvalue weighted by atomic mass is 19.1. The molecule has 0 spiro atoms. The number of halogens is 1. The van der Waals surface area contributed by atoms with Gasteiger partial charge in [-0.2, -0.15) is 4.98 Å². The highest BCUT2D eigenvalue weighted by molar-refractivity contribution is 5.72. The Morgan fingerprint density at radius 2 is 2.09 bits per heavy atom. The van der Waals surface area contributed by atoms with Crippen LogP contribution in [0.2, 0.25) is 0 Å². The molecule has 0 amide bonds. The van der Waals surface area contributed by atoms with Crippen LogP contribution in [0, 0.1) is 5.82 Å². The number of H-pyrrole nitrogens is 1. The van der Waals surface area contributed by atoms with E-state index in [0.29, 0.717) is 0 Å². The monoisotopic (exact) mass is 313 g/mol. The molecule has 0 aliphatic carbocycles. The van der Waals surface area contributed by atoms with Crippen LogP contribution in [-0.2, 0) is 4.74 Å². The first-order valence-electron chi connectivity index (χ1n) is 6.36. The van der Waals surface area contributed by atoms with E-state index in [0.717, 1.165) is 17.0 Å². The quantitative estimate of drug-likeness (QED) is 0.495. The van der Waals surface area contributed by atoms with Gasteiger partial charge in [-0.1, -0.05) is 0 Å². The SMILES string of the molecule is O=c1c(F)c[nH]c2nc(=O)n(C3OC(CO)C(O)C3O)cc12. The summed E-state index contributed by atoms with van der Waals surface area (Å²) in [5.41, 5.74) is -1.95. The first-order chi connectivity index (χ1) is 10.4. The Hall–Kier alpha value is -2.14. The average molecular weight is 313 g/mol. The lowest BCUT2D eigenvalue weighted by Crippen LogP contribution is -2.36. The second-order valence-electron chi connectivity index (χ2n) is 4.89. The van der Waals surface area contributed by atoms with Gasteiger partial charge in [0, 0.05) is 12.4 Å². The van der Waals surface area contributed by atoms with Crippen molar-refractivity contribution in [1.82, 2.24) is 14.5 Å². The summed E-state index contributed by atoms with van der Waals surface area (Å²) in [4.78, 5) is 29.6. The molecule has 4 N–H and O–H groups in total. The van der Waals surface area contributed by atoms with Crippen LogP contribution in [0.5, 0.6) is 0 Å². The van der Waals surface area contributed by atoms with E-state index in [-0.39, 0.29) is 11.0 Å². The minimum Gasteiger partial charge on any atom is -0.394 e. The zero-order chi connectivity index (χ0) is 16.0. The summed E-state index contributed by atoms with van der Waals surface area (Å²) < 4.78 is 19.3. The van der Waals surface area contributed by atoms with Crippen LogP contribution < -0.4 is 11.1 Å². The molecule has 118 valence electrons. The predicted octanol–water partition coefficient (Wildman–Crippen LogP) is -2.16. The molecule has 3 heterocycles. The summed E-state index contributed by atoms with van der Waals surface area (Å²) in [6, 6.07) is 0. The molecule has 3 rings (SSSR count). The number of aliphatic hydroxyl groups excluding tert-OH is 3. The smallest absolute Gasteiger partial charge is 0.351 e. The fourth-order valence-electron chi connectivity index (χ4n) is 2.36. The molecule has 10 heteroatoms. The van der Waals surface area contributed by atoms with Gasteiger partial charge < -0.3 is 25.0 Å². The Balaban J connectivity index is 2.16. The second kappa shape index (κ2) is 5.25. The predicted molar refractivity (Wildman–Crippen MR) is 69.6 cm³/mol. The fraction of sp³-hybridized carbons (Fsp3) is 0.417. The molecule has 1 fully saturated rings. The van der Waals surface area contributed by atoms with Crippen LogP contribution in [-0.4, -0.2) is 54.8 Å². The summed E-state index contributed by atoms with van der Waals surface area (Å²) in [5, 5.41) is 28.4. The van der Waals surface area contributed by atoms with Gasteiger partial charge >= 0.3 is 5.69 Å². The van der Waals surface area contributed by atoms with Gasteiger partial charge in [0.05, 0.1) is 12.0 Å². The molecule has 2 aromatic heterocycles. The van der Waals surface area contributed by atoms with Gasteiger partial charge in [0.2, 0.25) is 5.43 Å². The number of nitrogens with one attached hydrogen (secondary N) is 1. The lowest BCUT2D eigenvalue weighted by molar-refractivity contribution is -0.0547. The number of pyridine rings is 1. The van der Waals surface area contributed by atoms with E-state index in [1.54, 1.807) is 0 Å². The zero-order valence-electron chi connectivity index (χ0n) is 11.0. The summed E-state index contributed by atoms with van der Waals surface area (Å²) in [6.45, 7) is -0.570. The van der Waals surface area contributed by atoms with Crippen molar-refractivity contribution in [3.05, 3.63) is 38.9 Å². The van der Waals surface area contributed by atoms with Crippen molar-refractivity contribution in [2.45, 2.75) is 24.5 Å². The second-order valence-corrected chi connectivity index (χ2v) is 4.89. The molecular formula is C12H12FN3O6. The van der Waals surface area contributed by atoms with Crippen LogP contribution in [0.25, 0.3) is 11.0 Å². The first kappa shape index (κ1) is 14.8.